The highest BCUT2D eigenvalue weighted by Gasteiger charge is 2.17. The van der Waals surface area contributed by atoms with Gasteiger partial charge in [0.05, 0.1) is 0 Å². The second kappa shape index (κ2) is 4.14. The van der Waals surface area contributed by atoms with Gasteiger partial charge in [-0.2, -0.15) is 0 Å². The van der Waals surface area contributed by atoms with Crippen molar-refractivity contribution in [2.24, 2.45) is 0 Å². The maximum absolute atomic E-state index is 10.7. The van der Waals surface area contributed by atoms with E-state index in [0.29, 0.717) is 0 Å². The minimum Gasteiger partial charge on any atom is -0.478 e. The van der Waals surface area contributed by atoms with Crippen LogP contribution in [0.5, 0.6) is 0 Å². The summed E-state index contributed by atoms with van der Waals surface area (Å²) >= 11 is 3.44. The first-order valence-corrected chi connectivity index (χ1v) is 5.54. The largest absolute Gasteiger partial charge is 0.478 e. The summed E-state index contributed by atoms with van der Waals surface area (Å²) in [6.07, 6.45) is 7.57. The van der Waals surface area contributed by atoms with Gasteiger partial charge in [-0.3, -0.25) is 4.98 Å². The van der Waals surface area contributed by atoms with Crippen LogP contribution < -0.4 is 0 Å². The van der Waals surface area contributed by atoms with Crippen molar-refractivity contribution in [3.8, 4) is 0 Å². The van der Waals surface area contributed by atoms with Crippen LogP contribution in [0, 0.1) is 0 Å². The number of nitrogens with zero attached hydrogens (tertiary/aromatic N) is 1. The Morgan fingerprint density at radius 3 is 3.00 bits per heavy atom. The zero-order valence-corrected chi connectivity index (χ0v) is 9.62. The van der Waals surface area contributed by atoms with Crippen LogP contribution in [-0.2, 0) is 11.2 Å². The van der Waals surface area contributed by atoms with E-state index in [1.165, 1.54) is 11.6 Å². The molecule has 0 fully saturated rings. The highest BCUT2D eigenvalue weighted by molar-refractivity contribution is 9.10. The molecule has 2 rings (SSSR count). The van der Waals surface area contributed by atoms with Gasteiger partial charge in [0, 0.05) is 28.5 Å². The minimum atomic E-state index is -0.891. The fraction of sp³-hybridized carbons (Fsp3) is 0.273. The number of rotatable bonds is 1. The molecule has 3 nitrogen and oxygen atoms in total. The molecule has 1 aromatic heterocycles. The molecule has 0 unspecified atom stereocenters. The third-order valence-corrected chi connectivity index (χ3v) is 3.20. The normalized spacial score (nSPS) is 17.5. The summed E-state index contributed by atoms with van der Waals surface area (Å²) in [6.45, 7) is 0. The van der Waals surface area contributed by atoms with Crippen LogP contribution in [0.15, 0.2) is 22.9 Å². The van der Waals surface area contributed by atoms with E-state index in [1.807, 2.05) is 0 Å². The quantitative estimate of drug-likeness (QED) is 0.796. The number of aliphatic carboxylic acids is 1. The molecule has 1 N–H and O–H groups in total. The van der Waals surface area contributed by atoms with E-state index in [2.05, 4.69) is 20.9 Å². The Balaban J connectivity index is 2.52. The number of halogens is 1. The van der Waals surface area contributed by atoms with E-state index in [0.717, 1.165) is 34.9 Å². The highest BCUT2D eigenvalue weighted by atomic mass is 79.9. The van der Waals surface area contributed by atoms with Crippen LogP contribution in [-0.4, -0.2) is 16.1 Å². The van der Waals surface area contributed by atoms with Crippen molar-refractivity contribution in [3.63, 3.8) is 0 Å². The zero-order chi connectivity index (χ0) is 10.8. The minimum absolute atomic E-state index is 0.817. The first-order valence-electron chi connectivity index (χ1n) is 4.74. The van der Waals surface area contributed by atoms with Crippen LogP contribution in [0.1, 0.15) is 24.0 Å². The first kappa shape index (κ1) is 10.4. The molecule has 0 saturated carbocycles. The fourth-order valence-corrected chi connectivity index (χ4v) is 2.41. The van der Waals surface area contributed by atoms with Crippen LogP contribution in [0.4, 0.5) is 0 Å². The predicted octanol–water partition coefficient (Wildman–Crippen LogP) is 2.65. The van der Waals surface area contributed by atoms with Gasteiger partial charge < -0.3 is 5.11 Å². The van der Waals surface area contributed by atoms with Crippen molar-refractivity contribution in [2.75, 3.05) is 0 Å². The molecule has 1 heterocycles. The Morgan fingerprint density at radius 2 is 2.27 bits per heavy atom. The third kappa shape index (κ3) is 2.09. The second-order valence-electron chi connectivity index (χ2n) is 3.51. The Morgan fingerprint density at radius 1 is 1.47 bits per heavy atom. The third-order valence-electron chi connectivity index (χ3n) is 2.52. The van der Waals surface area contributed by atoms with Crippen molar-refractivity contribution in [3.05, 3.63) is 34.1 Å². The zero-order valence-electron chi connectivity index (χ0n) is 8.03. The maximum atomic E-state index is 10.7. The molecule has 0 atom stereocenters. The number of carboxylic acid groups (broad SMARTS) is 1. The molecule has 0 bridgehead atoms. The fourth-order valence-electron chi connectivity index (χ4n) is 1.88. The molecule has 78 valence electrons. The van der Waals surface area contributed by atoms with Crippen molar-refractivity contribution < 1.29 is 9.90 Å². The van der Waals surface area contributed by atoms with Gasteiger partial charge in [0.2, 0.25) is 0 Å². The number of hydrogen-bond acceptors (Lipinski definition) is 2. The lowest BCUT2D eigenvalue weighted by molar-refractivity contribution is -0.131. The van der Waals surface area contributed by atoms with Gasteiger partial charge in [-0.05, 0) is 46.3 Å². The summed E-state index contributed by atoms with van der Waals surface area (Å²) in [5, 5.41) is 8.75. The SMILES string of the molecule is O=C(O)/C=C1/CCCc2c(Br)cncc21. The van der Waals surface area contributed by atoms with Crippen molar-refractivity contribution in [1.29, 1.82) is 0 Å². The van der Waals surface area contributed by atoms with Crippen LogP contribution >= 0.6 is 15.9 Å². The molecule has 0 aliphatic heterocycles. The topological polar surface area (TPSA) is 50.2 Å². The van der Waals surface area contributed by atoms with E-state index < -0.39 is 5.97 Å². The number of allylic oxidation sites excluding steroid dienone is 1. The Kier molecular flexibility index (Phi) is 2.86. The number of carboxylic acids is 1. The summed E-state index contributed by atoms with van der Waals surface area (Å²) in [7, 11) is 0. The summed E-state index contributed by atoms with van der Waals surface area (Å²) < 4.78 is 0.969. The number of carbonyl (C=O) groups is 1. The Labute approximate surface area is 96.0 Å². The van der Waals surface area contributed by atoms with Gasteiger partial charge in [0.25, 0.3) is 0 Å². The van der Waals surface area contributed by atoms with Crippen molar-refractivity contribution >= 4 is 27.5 Å². The lowest BCUT2D eigenvalue weighted by Gasteiger charge is -2.19. The van der Waals surface area contributed by atoms with Gasteiger partial charge in [-0.15, -0.1) is 0 Å². The molecule has 15 heavy (non-hydrogen) atoms. The van der Waals surface area contributed by atoms with Crippen LogP contribution in [0.25, 0.3) is 5.57 Å². The average molecular weight is 268 g/mol. The molecular formula is C11H10BrNO2. The van der Waals surface area contributed by atoms with E-state index in [1.54, 1.807) is 12.4 Å². The molecule has 1 aliphatic carbocycles. The van der Waals surface area contributed by atoms with E-state index in [9.17, 15) is 4.79 Å². The lowest BCUT2D eigenvalue weighted by atomic mass is 9.89. The smallest absolute Gasteiger partial charge is 0.328 e. The first-order chi connectivity index (χ1) is 7.18. The second-order valence-corrected chi connectivity index (χ2v) is 4.36. The number of fused-ring (bicyclic) bond motifs is 1. The molecule has 0 saturated heterocycles. The van der Waals surface area contributed by atoms with E-state index in [-0.39, 0.29) is 0 Å². The highest BCUT2D eigenvalue weighted by Crippen LogP contribution is 2.33. The summed E-state index contributed by atoms with van der Waals surface area (Å²) in [6, 6.07) is 0. The van der Waals surface area contributed by atoms with E-state index in [4.69, 9.17) is 5.11 Å². The number of pyridine rings is 1. The lowest BCUT2D eigenvalue weighted by Crippen LogP contribution is -2.05. The molecular weight excluding hydrogens is 258 g/mol. The molecule has 1 aliphatic rings. The van der Waals surface area contributed by atoms with Gasteiger partial charge in [-0.25, -0.2) is 4.79 Å². The predicted molar refractivity (Wildman–Crippen MR) is 60.5 cm³/mol. The number of hydrogen-bond donors (Lipinski definition) is 1. The molecule has 0 amide bonds. The summed E-state index contributed by atoms with van der Waals surface area (Å²) in [5.41, 5.74) is 3.01. The van der Waals surface area contributed by atoms with Gasteiger partial charge in [0.15, 0.2) is 0 Å². The summed E-state index contributed by atoms with van der Waals surface area (Å²) in [5.74, 6) is -0.891. The van der Waals surface area contributed by atoms with Crippen LogP contribution in [0.2, 0.25) is 0 Å². The molecule has 4 heteroatoms. The summed E-state index contributed by atoms with van der Waals surface area (Å²) in [4.78, 5) is 14.7. The number of aromatic nitrogens is 1. The molecule has 0 radical (unpaired) electrons. The molecule has 1 aromatic rings. The standard InChI is InChI=1S/C11H10BrNO2/c12-10-6-13-5-9-7(4-11(14)15)2-1-3-8(9)10/h4-6H,1-3H2,(H,14,15)/b7-4-. The van der Waals surface area contributed by atoms with Gasteiger partial charge in [-0.1, -0.05) is 0 Å². The average Bonchev–Trinajstić information content (AvgIpc) is 2.19. The monoisotopic (exact) mass is 267 g/mol. The molecule has 0 spiro atoms. The molecule has 0 aromatic carbocycles. The van der Waals surface area contributed by atoms with Crippen molar-refractivity contribution in [1.82, 2.24) is 4.98 Å². The van der Waals surface area contributed by atoms with Crippen molar-refractivity contribution in [2.45, 2.75) is 19.3 Å². The van der Waals surface area contributed by atoms with Gasteiger partial charge in [0.1, 0.15) is 0 Å². The Bertz CT molecular complexity index is 440. The van der Waals surface area contributed by atoms with Crippen LogP contribution in [0.3, 0.4) is 0 Å². The van der Waals surface area contributed by atoms with Gasteiger partial charge >= 0.3 is 5.97 Å². The van der Waals surface area contributed by atoms with E-state index >= 15 is 0 Å². The Hall–Kier alpha value is -1.16. The maximum Gasteiger partial charge on any atom is 0.328 e.